The van der Waals surface area contributed by atoms with Crippen LogP contribution in [-0.2, 0) is 9.53 Å². The first-order valence-electron chi connectivity index (χ1n) is 3.88. The predicted molar refractivity (Wildman–Crippen MR) is 54.8 cm³/mol. The standard InChI is InChI=1S/C9H10BrNO3/c1-14-9(13)8(11)6-4-5(12)2-3-7(6)10/h2-4,8,12H,11H2,1H3/t8-/m0/s1. The molecule has 4 nitrogen and oxygen atoms in total. The Morgan fingerprint density at radius 3 is 2.86 bits per heavy atom. The van der Waals surface area contributed by atoms with Crippen LogP contribution in [0.2, 0.25) is 0 Å². The number of halogens is 1. The first kappa shape index (κ1) is 11.0. The first-order valence-corrected chi connectivity index (χ1v) is 4.67. The van der Waals surface area contributed by atoms with Crippen LogP contribution in [0.3, 0.4) is 0 Å². The minimum Gasteiger partial charge on any atom is -0.508 e. The molecule has 0 heterocycles. The van der Waals surface area contributed by atoms with Gasteiger partial charge in [0.05, 0.1) is 7.11 Å². The van der Waals surface area contributed by atoms with Crippen LogP contribution < -0.4 is 5.73 Å². The van der Waals surface area contributed by atoms with Gasteiger partial charge in [-0.2, -0.15) is 0 Å². The highest BCUT2D eigenvalue weighted by Gasteiger charge is 2.19. The summed E-state index contributed by atoms with van der Waals surface area (Å²) >= 11 is 3.23. The van der Waals surface area contributed by atoms with Gasteiger partial charge in [-0.3, -0.25) is 4.79 Å². The zero-order valence-corrected chi connectivity index (χ0v) is 9.11. The third-order valence-electron chi connectivity index (χ3n) is 1.77. The van der Waals surface area contributed by atoms with Gasteiger partial charge in [0.25, 0.3) is 0 Å². The number of carbonyl (C=O) groups is 1. The molecule has 0 spiro atoms. The van der Waals surface area contributed by atoms with Crippen molar-refractivity contribution in [1.29, 1.82) is 0 Å². The van der Waals surface area contributed by atoms with E-state index >= 15 is 0 Å². The Morgan fingerprint density at radius 1 is 1.64 bits per heavy atom. The SMILES string of the molecule is COC(=O)[C@@H](N)c1cc(O)ccc1Br. The minimum absolute atomic E-state index is 0.0579. The van der Waals surface area contributed by atoms with Crippen molar-refractivity contribution in [2.24, 2.45) is 5.73 Å². The number of esters is 1. The van der Waals surface area contributed by atoms with Gasteiger partial charge in [0, 0.05) is 4.47 Å². The Kier molecular flexibility index (Phi) is 3.49. The molecular weight excluding hydrogens is 250 g/mol. The Labute approximate surface area is 89.8 Å². The molecule has 76 valence electrons. The molecule has 1 rings (SSSR count). The molecule has 1 atom stereocenters. The van der Waals surface area contributed by atoms with E-state index in [0.717, 1.165) is 0 Å². The van der Waals surface area contributed by atoms with E-state index in [4.69, 9.17) is 5.73 Å². The molecule has 14 heavy (non-hydrogen) atoms. The number of hydrogen-bond acceptors (Lipinski definition) is 4. The number of methoxy groups -OCH3 is 1. The molecule has 3 N–H and O–H groups in total. The van der Waals surface area contributed by atoms with Gasteiger partial charge in [-0.05, 0) is 23.8 Å². The lowest BCUT2D eigenvalue weighted by atomic mass is 10.1. The van der Waals surface area contributed by atoms with Crippen molar-refractivity contribution in [3.05, 3.63) is 28.2 Å². The number of carbonyl (C=O) groups excluding carboxylic acids is 1. The van der Waals surface area contributed by atoms with Gasteiger partial charge >= 0.3 is 5.97 Å². The van der Waals surface area contributed by atoms with Gasteiger partial charge in [-0.15, -0.1) is 0 Å². The van der Waals surface area contributed by atoms with Crippen LogP contribution in [-0.4, -0.2) is 18.2 Å². The van der Waals surface area contributed by atoms with E-state index in [9.17, 15) is 9.90 Å². The average molecular weight is 260 g/mol. The van der Waals surface area contributed by atoms with Crippen molar-refractivity contribution in [3.8, 4) is 5.75 Å². The summed E-state index contributed by atoms with van der Waals surface area (Å²) in [5.41, 5.74) is 6.10. The number of hydrogen-bond donors (Lipinski definition) is 2. The summed E-state index contributed by atoms with van der Waals surface area (Å²) in [5, 5.41) is 9.21. The molecule has 0 bridgehead atoms. The molecule has 0 aliphatic rings. The number of phenolic OH excluding ortho intramolecular Hbond substituents is 1. The fourth-order valence-electron chi connectivity index (χ4n) is 1.02. The third-order valence-corrected chi connectivity index (χ3v) is 2.49. The molecule has 1 aromatic carbocycles. The van der Waals surface area contributed by atoms with E-state index in [-0.39, 0.29) is 5.75 Å². The van der Waals surface area contributed by atoms with Crippen molar-refractivity contribution in [2.75, 3.05) is 7.11 Å². The molecule has 0 amide bonds. The van der Waals surface area contributed by atoms with Crippen molar-refractivity contribution >= 4 is 21.9 Å². The average Bonchev–Trinajstić information content (AvgIpc) is 2.19. The maximum Gasteiger partial charge on any atom is 0.327 e. The van der Waals surface area contributed by atoms with E-state index in [0.29, 0.717) is 10.0 Å². The molecule has 0 saturated carbocycles. The van der Waals surface area contributed by atoms with Crippen LogP contribution in [0.4, 0.5) is 0 Å². The quantitative estimate of drug-likeness (QED) is 0.787. The highest BCUT2D eigenvalue weighted by atomic mass is 79.9. The molecule has 0 saturated heterocycles. The number of phenols is 1. The Morgan fingerprint density at radius 2 is 2.29 bits per heavy atom. The summed E-state index contributed by atoms with van der Waals surface area (Å²) in [6, 6.07) is 3.65. The number of nitrogens with two attached hydrogens (primary N) is 1. The summed E-state index contributed by atoms with van der Waals surface area (Å²) in [5.74, 6) is -0.487. The molecule has 0 aliphatic carbocycles. The van der Waals surface area contributed by atoms with E-state index in [1.807, 2.05) is 0 Å². The fraction of sp³-hybridized carbons (Fsp3) is 0.222. The number of benzene rings is 1. The summed E-state index contributed by atoms with van der Waals surface area (Å²) in [7, 11) is 1.26. The Hall–Kier alpha value is -1.07. The summed E-state index contributed by atoms with van der Waals surface area (Å²) < 4.78 is 5.16. The second-order valence-corrected chi connectivity index (χ2v) is 3.56. The third kappa shape index (κ3) is 2.24. The normalized spacial score (nSPS) is 12.2. The van der Waals surface area contributed by atoms with Crippen LogP contribution in [0.5, 0.6) is 5.75 Å². The smallest absolute Gasteiger partial charge is 0.327 e. The van der Waals surface area contributed by atoms with Crippen molar-refractivity contribution in [3.63, 3.8) is 0 Å². The Bertz CT molecular complexity index is 354. The monoisotopic (exact) mass is 259 g/mol. The Balaban J connectivity index is 3.05. The van der Waals surface area contributed by atoms with Gasteiger partial charge in [0.15, 0.2) is 0 Å². The highest BCUT2D eigenvalue weighted by Crippen LogP contribution is 2.26. The van der Waals surface area contributed by atoms with E-state index in [1.54, 1.807) is 6.07 Å². The van der Waals surface area contributed by atoms with E-state index in [1.165, 1.54) is 19.2 Å². The molecule has 0 unspecified atom stereocenters. The number of rotatable bonds is 2. The molecule has 0 aliphatic heterocycles. The predicted octanol–water partition coefficient (Wildman–Crippen LogP) is 1.33. The van der Waals surface area contributed by atoms with Gasteiger partial charge in [0.1, 0.15) is 11.8 Å². The van der Waals surface area contributed by atoms with Crippen LogP contribution in [0.15, 0.2) is 22.7 Å². The molecule has 1 aromatic rings. The zero-order valence-electron chi connectivity index (χ0n) is 7.53. The lowest BCUT2D eigenvalue weighted by molar-refractivity contribution is -0.142. The van der Waals surface area contributed by atoms with Gasteiger partial charge in [0.2, 0.25) is 0 Å². The van der Waals surface area contributed by atoms with Crippen LogP contribution in [0.25, 0.3) is 0 Å². The van der Waals surface area contributed by atoms with Crippen molar-refractivity contribution in [1.82, 2.24) is 0 Å². The zero-order chi connectivity index (χ0) is 10.7. The van der Waals surface area contributed by atoms with Gasteiger partial charge in [-0.25, -0.2) is 0 Å². The number of ether oxygens (including phenoxy) is 1. The van der Waals surface area contributed by atoms with E-state index < -0.39 is 12.0 Å². The molecule has 0 aromatic heterocycles. The van der Waals surface area contributed by atoms with E-state index in [2.05, 4.69) is 20.7 Å². The highest BCUT2D eigenvalue weighted by molar-refractivity contribution is 9.10. The summed E-state index contributed by atoms with van der Waals surface area (Å²) in [6.45, 7) is 0. The largest absolute Gasteiger partial charge is 0.508 e. The first-order chi connectivity index (χ1) is 6.56. The minimum atomic E-state index is -0.888. The molecule has 0 fully saturated rings. The lowest BCUT2D eigenvalue weighted by Crippen LogP contribution is -2.22. The lowest BCUT2D eigenvalue weighted by Gasteiger charge is -2.11. The topological polar surface area (TPSA) is 72.5 Å². The summed E-state index contributed by atoms with van der Waals surface area (Å²) in [4.78, 5) is 11.1. The van der Waals surface area contributed by atoms with Crippen LogP contribution in [0, 0.1) is 0 Å². The fourth-order valence-corrected chi connectivity index (χ4v) is 1.52. The second kappa shape index (κ2) is 4.43. The second-order valence-electron chi connectivity index (χ2n) is 2.71. The molecule has 5 heteroatoms. The van der Waals surface area contributed by atoms with Crippen LogP contribution in [0.1, 0.15) is 11.6 Å². The molecular formula is C9H10BrNO3. The van der Waals surface area contributed by atoms with Crippen molar-refractivity contribution < 1.29 is 14.6 Å². The van der Waals surface area contributed by atoms with Crippen LogP contribution >= 0.6 is 15.9 Å². The maximum atomic E-state index is 11.1. The van der Waals surface area contributed by atoms with Gasteiger partial charge in [-0.1, -0.05) is 15.9 Å². The molecule has 0 radical (unpaired) electrons. The summed E-state index contributed by atoms with van der Waals surface area (Å²) in [6.07, 6.45) is 0. The number of aromatic hydroxyl groups is 1. The van der Waals surface area contributed by atoms with Gasteiger partial charge < -0.3 is 15.6 Å². The maximum absolute atomic E-state index is 11.1. The van der Waals surface area contributed by atoms with Crippen molar-refractivity contribution in [2.45, 2.75) is 6.04 Å².